The summed E-state index contributed by atoms with van der Waals surface area (Å²) in [5.41, 5.74) is -0.212. The van der Waals surface area contributed by atoms with Crippen LogP contribution in [-0.2, 0) is 0 Å². The van der Waals surface area contributed by atoms with Crippen molar-refractivity contribution in [2.24, 2.45) is 0 Å². The first-order chi connectivity index (χ1) is 9.10. The number of rotatable bonds is 4. The summed E-state index contributed by atoms with van der Waals surface area (Å²) in [7, 11) is 0. The van der Waals surface area contributed by atoms with Crippen LogP contribution in [-0.4, -0.2) is 27.7 Å². The molecular weight excluding hydrogens is 248 g/mol. The Morgan fingerprint density at radius 2 is 2.21 bits per heavy atom. The first-order valence-corrected chi connectivity index (χ1v) is 5.68. The molecule has 6 heteroatoms. The van der Waals surface area contributed by atoms with Crippen molar-refractivity contribution in [1.29, 1.82) is 0 Å². The Kier molecular flexibility index (Phi) is 3.61. The quantitative estimate of drug-likeness (QED) is 0.869. The van der Waals surface area contributed by atoms with Crippen molar-refractivity contribution >= 4 is 5.97 Å². The van der Waals surface area contributed by atoms with Gasteiger partial charge in [0.2, 0.25) is 0 Å². The van der Waals surface area contributed by atoms with Crippen molar-refractivity contribution in [3.05, 3.63) is 46.4 Å². The average molecular weight is 260 g/mol. The third-order valence-corrected chi connectivity index (χ3v) is 2.38. The molecule has 0 amide bonds. The minimum absolute atomic E-state index is 0.200. The van der Waals surface area contributed by atoms with E-state index in [-0.39, 0.29) is 11.5 Å². The van der Waals surface area contributed by atoms with Gasteiger partial charge in [-0.15, -0.1) is 0 Å². The van der Waals surface area contributed by atoms with Gasteiger partial charge in [0.15, 0.2) is 5.69 Å². The summed E-state index contributed by atoms with van der Waals surface area (Å²) in [6.07, 6.45) is 0. The molecule has 0 saturated carbocycles. The first-order valence-electron chi connectivity index (χ1n) is 5.68. The maximum atomic E-state index is 11.4. The molecule has 0 aliphatic carbocycles. The lowest BCUT2D eigenvalue weighted by molar-refractivity contribution is 0.0690. The molecule has 0 bridgehead atoms. The van der Waals surface area contributed by atoms with Crippen LogP contribution in [0.2, 0.25) is 0 Å². The Balaban J connectivity index is 2.49. The fraction of sp³-hybridized carbons (Fsp3) is 0.154. The predicted octanol–water partition coefficient (Wildman–Crippen LogP) is 1.53. The van der Waals surface area contributed by atoms with Crippen LogP contribution in [0.4, 0.5) is 0 Å². The first kappa shape index (κ1) is 12.8. The van der Waals surface area contributed by atoms with Crippen LogP contribution in [0.25, 0.3) is 11.4 Å². The minimum atomic E-state index is -1.24. The normalized spacial score (nSPS) is 10.2. The standard InChI is InChI=1S/C13H12N2O4/c1-2-19-9-5-3-4-8(6-9)12-14-10(13(17)18)7-11(16)15-12/h3-7H,2H2,1H3,(H,17,18)(H,14,15,16). The van der Waals surface area contributed by atoms with Gasteiger partial charge in [-0.25, -0.2) is 9.78 Å². The zero-order chi connectivity index (χ0) is 13.8. The number of ether oxygens (including phenoxy) is 1. The Morgan fingerprint density at radius 1 is 1.42 bits per heavy atom. The summed E-state index contributed by atoms with van der Waals surface area (Å²) in [6.45, 7) is 2.38. The van der Waals surface area contributed by atoms with E-state index in [4.69, 9.17) is 9.84 Å². The van der Waals surface area contributed by atoms with Gasteiger partial charge in [-0.05, 0) is 19.1 Å². The second-order valence-electron chi connectivity index (χ2n) is 3.75. The summed E-state index contributed by atoms with van der Waals surface area (Å²) >= 11 is 0. The SMILES string of the molecule is CCOc1cccc(-c2nc(C(=O)O)cc(=O)[nH]2)c1. The Labute approximate surface area is 108 Å². The number of aromatic amines is 1. The summed E-state index contributed by atoms with van der Waals surface area (Å²) in [5, 5.41) is 8.88. The van der Waals surface area contributed by atoms with Crippen LogP contribution in [0.3, 0.4) is 0 Å². The largest absolute Gasteiger partial charge is 0.494 e. The smallest absolute Gasteiger partial charge is 0.354 e. The van der Waals surface area contributed by atoms with E-state index in [0.29, 0.717) is 17.9 Å². The van der Waals surface area contributed by atoms with Gasteiger partial charge in [0.05, 0.1) is 6.61 Å². The highest BCUT2D eigenvalue weighted by molar-refractivity contribution is 5.85. The highest BCUT2D eigenvalue weighted by Gasteiger charge is 2.10. The number of carboxylic acids is 1. The molecule has 1 heterocycles. The second kappa shape index (κ2) is 5.34. The van der Waals surface area contributed by atoms with Crippen LogP contribution >= 0.6 is 0 Å². The third-order valence-electron chi connectivity index (χ3n) is 2.38. The Bertz CT molecular complexity index is 664. The van der Waals surface area contributed by atoms with Crippen molar-refractivity contribution < 1.29 is 14.6 Å². The molecule has 1 aromatic heterocycles. The summed E-state index contributed by atoms with van der Waals surface area (Å²) < 4.78 is 5.34. The van der Waals surface area contributed by atoms with Gasteiger partial charge < -0.3 is 14.8 Å². The molecule has 0 radical (unpaired) electrons. The third kappa shape index (κ3) is 2.98. The maximum Gasteiger partial charge on any atom is 0.354 e. The molecule has 19 heavy (non-hydrogen) atoms. The number of nitrogens with zero attached hydrogens (tertiary/aromatic N) is 1. The lowest BCUT2D eigenvalue weighted by Crippen LogP contribution is -2.13. The number of aromatic carboxylic acids is 1. The van der Waals surface area contributed by atoms with Gasteiger partial charge in [0, 0.05) is 11.6 Å². The van der Waals surface area contributed by atoms with Crippen LogP contribution in [0.5, 0.6) is 5.75 Å². The van der Waals surface area contributed by atoms with Crippen molar-refractivity contribution in [3.63, 3.8) is 0 Å². The second-order valence-corrected chi connectivity index (χ2v) is 3.75. The van der Waals surface area contributed by atoms with Crippen molar-refractivity contribution in [2.45, 2.75) is 6.92 Å². The molecule has 0 saturated heterocycles. The van der Waals surface area contributed by atoms with Gasteiger partial charge >= 0.3 is 5.97 Å². The summed E-state index contributed by atoms with van der Waals surface area (Å²) in [6, 6.07) is 7.86. The van der Waals surface area contributed by atoms with E-state index in [9.17, 15) is 9.59 Å². The summed E-state index contributed by atoms with van der Waals surface area (Å²) in [5.74, 6) is -0.414. The molecule has 2 rings (SSSR count). The molecule has 6 nitrogen and oxygen atoms in total. The number of hydrogen-bond acceptors (Lipinski definition) is 4. The molecule has 0 fully saturated rings. The topological polar surface area (TPSA) is 92.3 Å². The molecule has 0 unspecified atom stereocenters. The average Bonchev–Trinajstić information content (AvgIpc) is 2.38. The number of hydrogen-bond donors (Lipinski definition) is 2. The lowest BCUT2D eigenvalue weighted by atomic mass is 10.2. The van der Waals surface area contributed by atoms with E-state index in [1.807, 2.05) is 6.92 Å². The number of benzene rings is 1. The number of nitrogens with one attached hydrogen (secondary N) is 1. The predicted molar refractivity (Wildman–Crippen MR) is 68.4 cm³/mol. The Hall–Kier alpha value is -2.63. The fourth-order valence-corrected chi connectivity index (χ4v) is 1.60. The lowest BCUT2D eigenvalue weighted by Gasteiger charge is -2.06. The van der Waals surface area contributed by atoms with E-state index >= 15 is 0 Å². The number of aromatic nitrogens is 2. The van der Waals surface area contributed by atoms with E-state index in [2.05, 4.69) is 9.97 Å². The van der Waals surface area contributed by atoms with Crippen molar-refractivity contribution in [1.82, 2.24) is 9.97 Å². The van der Waals surface area contributed by atoms with E-state index in [1.165, 1.54) is 0 Å². The van der Waals surface area contributed by atoms with Gasteiger partial charge in [-0.1, -0.05) is 12.1 Å². The molecule has 0 aliphatic rings. The zero-order valence-corrected chi connectivity index (χ0v) is 10.2. The van der Waals surface area contributed by atoms with Crippen molar-refractivity contribution in [2.75, 3.05) is 6.61 Å². The van der Waals surface area contributed by atoms with Crippen molar-refractivity contribution in [3.8, 4) is 17.1 Å². The molecule has 2 aromatic rings. The highest BCUT2D eigenvalue weighted by atomic mass is 16.5. The van der Waals surface area contributed by atoms with Crippen LogP contribution < -0.4 is 10.3 Å². The summed E-state index contributed by atoms with van der Waals surface area (Å²) in [4.78, 5) is 28.7. The molecular formula is C13H12N2O4. The van der Waals surface area contributed by atoms with Gasteiger partial charge in [-0.3, -0.25) is 4.79 Å². The molecule has 1 aromatic carbocycles. The number of H-pyrrole nitrogens is 1. The number of carbonyl (C=O) groups is 1. The van der Waals surface area contributed by atoms with Crippen LogP contribution in [0, 0.1) is 0 Å². The fourth-order valence-electron chi connectivity index (χ4n) is 1.60. The van der Waals surface area contributed by atoms with Crippen LogP contribution in [0.15, 0.2) is 35.1 Å². The van der Waals surface area contributed by atoms with Gasteiger partial charge in [-0.2, -0.15) is 0 Å². The van der Waals surface area contributed by atoms with Crippen LogP contribution in [0.1, 0.15) is 17.4 Å². The van der Waals surface area contributed by atoms with E-state index in [0.717, 1.165) is 6.07 Å². The minimum Gasteiger partial charge on any atom is -0.494 e. The Morgan fingerprint density at radius 3 is 2.89 bits per heavy atom. The van der Waals surface area contributed by atoms with Gasteiger partial charge in [0.1, 0.15) is 11.6 Å². The van der Waals surface area contributed by atoms with E-state index < -0.39 is 11.5 Å². The number of carboxylic acid groups (broad SMARTS) is 1. The molecule has 0 spiro atoms. The van der Waals surface area contributed by atoms with Gasteiger partial charge in [0.25, 0.3) is 5.56 Å². The molecule has 0 atom stereocenters. The maximum absolute atomic E-state index is 11.4. The monoisotopic (exact) mass is 260 g/mol. The molecule has 98 valence electrons. The van der Waals surface area contributed by atoms with E-state index in [1.54, 1.807) is 24.3 Å². The zero-order valence-electron chi connectivity index (χ0n) is 10.2. The molecule has 2 N–H and O–H groups in total. The molecule has 0 aliphatic heterocycles. The highest BCUT2D eigenvalue weighted by Crippen LogP contribution is 2.20.